The molecule has 10 aromatic heterocycles. The average Bonchev–Trinajstić information content (AvgIpc) is 1.58. The van der Waals surface area contributed by atoms with E-state index in [1.807, 2.05) is 67.6 Å². The fourth-order valence-corrected chi connectivity index (χ4v) is 16.0. The van der Waals surface area contributed by atoms with Crippen LogP contribution >= 0.6 is 0 Å². The smallest absolute Gasteiger partial charge is 0.361 e. The molecule has 3 atom stereocenters. The lowest BCUT2D eigenvalue weighted by Gasteiger charge is -2.37. The molecule has 28 heteroatoms. The van der Waals surface area contributed by atoms with Gasteiger partial charge in [0.1, 0.15) is 40.8 Å². The molecule has 15 rings (SSSR count). The van der Waals surface area contributed by atoms with Crippen LogP contribution in [0.15, 0.2) is 128 Å². The quantitative estimate of drug-likeness (QED) is 0.0839. The van der Waals surface area contributed by atoms with Crippen LogP contribution in [0.4, 0.5) is 56.7 Å². The van der Waals surface area contributed by atoms with Crippen molar-refractivity contribution in [3.05, 3.63) is 208 Å². The lowest BCUT2D eigenvalue weighted by molar-refractivity contribution is -0.141. The number of fused-ring (bicyclic) bond motifs is 3. The van der Waals surface area contributed by atoms with Gasteiger partial charge in [-0.1, -0.05) is 41.5 Å². The second kappa shape index (κ2) is 27.4. The monoisotopic (exact) mass is 1480 g/mol. The predicted molar refractivity (Wildman–Crippen MR) is 395 cm³/mol. The predicted octanol–water partition coefficient (Wildman–Crippen LogP) is 17.7. The van der Waals surface area contributed by atoms with Crippen LogP contribution in [0.3, 0.4) is 0 Å². The van der Waals surface area contributed by atoms with Gasteiger partial charge in [-0.05, 0) is 143 Å². The Kier molecular flexibility index (Phi) is 18.4. The number of pyridine rings is 4. The number of hydrogen-bond donors (Lipinski definition) is 0. The summed E-state index contributed by atoms with van der Waals surface area (Å²) in [6.45, 7) is 24.8. The number of anilines is 3. The Bertz CT molecular complexity index is 5370. The normalized spacial score (nSPS) is 16.4. The lowest BCUT2D eigenvalue weighted by Crippen LogP contribution is -2.37. The van der Waals surface area contributed by atoms with E-state index in [0.29, 0.717) is 74.6 Å². The van der Waals surface area contributed by atoms with Gasteiger partial charge in [-0.15, -0.1) is 0 Å². The van der Waals surface area contributed by atoms with Gasteiger partial charge >= 0.3 is 18.5 Å². The van der Waals surface area contributed by atoms with E-state index >= 15 is 0 Å². The first-order valence-corrected chi connectivity index (χ1v) is 36.3. The second-order valence-electron chi connectivity index (χ2n) is 29.4. The maximum Gasteiger partial charge on any atom is 0.434 e. The first-order valence-electron chi connectivity index (χ1n) is 36.3. The van der Waals surface area contributed by atoms with Crippen molar-refractivity contribution < 1.29 is 39.5 Å². The molecule has 108 heavy (non-hydrogen) atoms. The molecular weight excluding hydrogens is 1400 g/mol. The van der Waals surface area contributed by atoms with Crippen molar-refractivity contribution in [1.82, 2.24) is 77.2 Å². The SMILES string of the molecule is Cc1nc(-c2ccc(Cc3nc(-c4ccc(Cc5nc(-c6cccnc6C(C)C)c6n5CCN(c5ccc(-c7nc(C(F)(F)F)cn7C)cc5)C6C)nc4C(C)C)c4n3CCN(c3ccc(-c5nc(C(F)(F)F)cn5C)cc3)[C@@H]4C)nc2C(C)C)c2n1CCN(c1ccc(-c3nc(C(F)(F)F)cn3C)cn1)[C@H]2C. The molecule has 0 fully saturated rings. The number of halogens is 9. The average molecular weight is 1480 g/mol. The van der Waals surface area contributed by atoms with Crippen LogP contribution in [0, 0.1) is 6.92 Å². The summed E-state index contributed by atoms with van der Waals surface area (Å²) in [6, 6.07) is 30.3. The van der Waals surface area contributed by atoms with E-state index in [1.165, 1.54) is 20.7 Å². The van der Waals surface area contributed by atoms with Crippen LogP contribution in [0.2, 0.25) is 0 Å². The van der Waals surface area contributed by atoms with Crippen LogP contribution in [-0.2, 0) is 72.1 Å². The Balaban J connectivity index is 0.773. The zero-order valence-electron chi connectivity index (χ0n) is 62.1. The fourth-order valence-electron chi connectivity index (χ4n) is 16.0. The molecule has 0 N–H and O–H groups in total. The number of aromatic nitrogens is 16. The zero-order valence-corrected chi connectivity index (χ0v) is 62.1. The van der Waals surface area contributed by atoms with Gasteiger partial charge in [0.15, 0.2) is 17.1 Å². The molecule has 1 unspecified atom stereocenters. The van der Waals surface area contributed by atoms with E-state index < -0.39 is 35.6 Å². The van der Waals surface area contributed by atoms with Crippen LogP contribution in [-0.4, -0.2) is 96.9 Å². The summed E-state index contributed by atoms with van der Waals surface area (Å²) in [6.07, 6.45) is -6.64. The summed E-state index contributed by atoms with van der Waals surface area (Å²) in [4.78, 5) is 55.8. The number of aryl methyl sites for hydroxylation is 4. The van der Waals surface area contributed by atoms with E-state index in [0.717, 1.165) is 127 Å². The number of alkyl halides is 9. The van der Waals surface area contributed by atoms with Gasteiger partial charge < -0.3 is 42.1 Å². The van der Waals surface area contributed by atoms with Gasteiger partial charge in [0.25, 0.3) is 0 Å². The molecule has 0 radical (unpaired) electrons. The molecule has 0 bridgehead atoms. The number of rotatable bonds is 16. The highest BCUT2D eigenvalue weighted by molar-refractivity contribution is 5.73. The summed E-state index contributed by atoms with van der Waals surface area (Å²) in [7, 11) is 4.65. The summed E-state index contributed by atoms with van der Waals surface area (Å²) in [5.41, 5.74) is 12.8. The summed E-state index contributed by atoms with van der Waals surface area (Å²) >= 11 is 0. The molecule has 2 aromatic carbocycles. The third-order valence-corrected chi connectivity index (χ3v) is 21.3. The van der Waals surface area contributed by atoms with Crippen molar-refractivity contribution in [3.63, 3.8) is 0 Å². The molecule has 3 aliphatic heterocycles. The van der Waals surface area contributed by atoms with Gasteiger partial charge in [0.2, 0.25) is 0 Å². The highest BCUT2D eigenvalue weighted by Crippen LogP contribution is 2.46. The molecule has 13 heterocycles. The lowest BCUT2D eigenvalue weighted by atomic mass is 9.96. The van der Waals surface area contributed by atoms with E-state index in [1.54, 1.807) is 32.6 Å². The van der Waals surface area contributed by atoms with Gasteiger partial charge in [-0.25, -0.2) is 34.9 Å². The summed E-state index contributed by atoms with van der Waals surface area (Å²) in [5, 5.41) is 0. The molecule has 0 amide bonds. The third-order valence-electron chi connectivity index (χ3n) is 21.3. The van der Waals surface area contributed by atoms with E-state index in [-0.39, 0.29) is 53.4 Å². The molecule has 560 valence electrons. The first kappa shape index (κ1) is 72.6. The molecule has 0 spiro atoms. The molecule has 19 nitrogen and oxygen atoms in total. The third kappa shape index (κ3) is 13.1. The molecule has 0 saturated heterocycles. The Morgan fingerprint density at radius 3 is 1.19 bits per heavy atom. The number of imidazole rings is 6. The minimum absolute atomic E-state index is 0.0320. The van der Waals surface area contributed by atoms with Crippen molar-refractivity contribution in [2.24, 2.45) is 21.1 Å². The molecular formula is C80H82F9N19. The van der Waals surface area contributed by atoms with Crippen LogP contribution in [0.5, 0.6) is 0 Å². The van der Waals surface area contributed by atoms with E-state index in [4.69, 9.17) is 34.9 Å². The molecule has 12 aromatic rings. The highest BCUT2D eigenvalue weighted by Gasteiger charge is 2.40. The van der Waals surface area contributed by atoms with Crippen molar-refractivity contribution in [3.8, 4) is 67.9 Å². The maximum absolute atomic E-state index is 13.9. The molecule has 3 aliphatic rings. The van der Waals surface area contributed by atoms with E-state index in [2.05, 4.69) is 136 Å². The van der Waals surface area contributed by atoms with Crippen LogP contribution in [0.1, 0.15) is 178 Å². The molecule has 0 aliphatic carbocycles. The maximum atomic E-state index is 13.9. The van der Waals surface area contributed by atoms with Crippen molar-refractivity contribution >= 4 is 17.2 Å². The van der Waals surface area contributed by atoms with E-state index in [9.17, 15) is 39.5 Å². The standard InChI is InChI=1S/C80H82F9N19/c1-43(2)66-57(15-14-30-90-66)70-73-46(7)103(55-23-16-50(17-24-55)75-95-60(40-100(75)11)78(81,82)83)31-35-107(73)64(98-70)37-54-22-28-59(68(94-54)45(5)6)71-74-47(8)104(56-25-18-51(19-26-56)76-96-61(41-101(76)12)79(84,85)86)32-36-108(74)65(99-71)38-53-21-27-58(67(93-53)44(3)4)69-72-48(9)105(33-34-106(72)49(10)92-69)63-29-20-52(39-91-63)77-97-62(42-102(77)13)80(87,88)89/h14-30,39-48H,31-38H2,1-13H3/t46?,47-,48+/m1/s1. The topological polar surface area (TPSA) is 168 Å². The molecule has 0 saturated carbocycles. The Morgan fingerprint density at radius 2 is 0.778 bits per heavy atom. The van der Waals surface area contributed by atoms with Gasteiger partial charge in [0.05, 0.1) is 69.4 Å². The Morgan fingerprint density at radius 1 is 0.398 bits per heavy atom. The second-order valence-corrected chi connectivity index (χ2v) is 29.4. The van der Waals surface area contributed by atoms with Crippen molar-refractivity contribution in [2.45, 2.75) is 156 Å². The summed E-state index contributed by atoms with van der Waals surface area (Å²) < 4.78 is 135. The minimum atomic E-state index is -4.60. The first-order chi connectivity index (χ1) is 51.3. The minimum Gasteiger partial charge on any atom is -0.361 e. The largest absolute Gasteiger partial charge is 0.434 e. The van der Waals surface area contributed by atoms with Gasteiger partial charge in [-0.3, -0.25) is 15.0 Å². The zero-order chi connectivity index (χ0) is 76.5. The highest BCUT2D eigenvalue weighted by atomic mass is 19.4. The fraction of sp³-hybridized carbons (Fsp3) is 0.375. The Hall–Kier alpha value is -10.9. The van der Waals surface area contributed by atoms with Crippen LogP contribution in [0.25, 0.3) is 67.9 Å². The summed E-state index contributed by atoms with van der Waals surface area (Å²) in [5.74, 6) is 3.72. The van der Waals surface area contributed by atoms with Crippen LogP contribution < -0.4 is 14.7 Å². The number of nitrogens with zero attached hydrogens (tertiary/aromatic N) is 19. The Labute approximate surface area is 618 Å². The van der Waals surface area contributed by atoms with Gasteiger partial charge in [0, 0.05) is 160 Å². The number of hydrogen-bond acceptors (Lipinski definition) is 13. The van der Waals surface area contributed by atoms with Crippen molar-refractivity contribution in [2.75, 3.05) is 34.3 Å². The number of benzene rings is 2. The van der Waals surface area contributed by atoms with Crippen molar-refractivity contribution in [1.29, 1.82) is 0 Å². The van der Waals surface area contributed by atoms with Gasteiger partial charge in [-0.2, -0.15) is 39.5 Å².